The van der Waals surface area contributed by atoms with E-state index in [1.807, 2.05) is 6.92 Å². The van der Waals surface area contributed by atoms with Gasteiger partial charge < -0.3 is 15.5 Å². The number of aromatic nitrogens is 2. The topological polar surface area (TPSA) is 129 Å². The molecule has 38 heavy (non-hydrogen) atoms. The molecular weight excluding hydrogens is 523 g/mol. The van der Waals surface area contributed by atoms with E-state index in [1.165, 1.54) is 12.4 Å². The highest BCUT2D eigenvalue weighted by molar-refractivity contribution is 7.90. The minimum atomic E-state index is -3.93. The molecule has 0 unspecified atom stereocenters. The van der Waals surface area contributed by atoms with Gasteiger partial charge in [0.15, 0.2) is 9.84 Å². The number of halogens is 3. The summed E-state index contributed by atoms with van der Waals surface area (Å²) in [6, 6.07) is 4.65. The Morgan fingerprint density at radius 1 is 1.11 bits per heavy atom. The first kappa shape index (κ1) is 27.7. The van der Waals surface area contributed by atoms with Crippen molar-refractivity contribution in [2.24, 2.45) is 5.92 Å². The van der Waals surface area contributed by atoms with E-state index in [-0.39, 0.29) is 24.0 Å². The molecule has 1 fully saturated rings. The number of carbonyl (C=O) groups excluding carboxylic acids is 1. The second-order valence-corrected chi connectivity index (χ2v) is 11.8. The number of nitrogens with one attached hydrogen (secondary N) is 1. The minimum absolute atomic E-state index is 0.216. The molecule has 1 aliphatic carbocycles. The fourth-order valence-corrected chi connectivity index (χ4v) is 5.27. The number of sulfone groups is 1. The number of pyridine rings is 2. The Morgan fingerprint density at radius 3 is 2.37 bits per heavy atom. The number of hydrogen-bond acceptors (Lipinski definition) is 7. The van der Waals surface area contributed by atoms with Crippen LogP contribution in [-0.2, 0) is 9.84 Å². The Kier molecular flexibility index (Phi) is 7.34. The predicted molar refractivity (Wildman–Crippen MR) is 133 cm³/mol. The van der Waals surface area contributed by atoms with Crippen LogP contribution >= 0.6 is 0 Å². The lowest BCUT2D eigenvalue weighted by Gasteiger charge is -2.43. The summed E-state index contributed by atoms with van der Waals surface area (Å²) in [6.07, 6.45) is 3.46. The number of benzene rings is 1. The summed E-state index contributed by atoms with van der Waals surface area (Å²) >= 11 is 0. The monoisotopic (exact) mass is 549 g/mol. The van der Waals surface area contributed by atoms with Crippen LogP contribution in [0, 0.1) is 23.4 Å². The molecular formula is C26H26F3N3O5S. The van der Waals surface area contributed by atoms with Gasteiger partial charge >= 0.3 is 0 Å². The van der Waals surface area contributed by atoms with Crippen LogP contribution in [0.3, 0.4) is 0 Å². The highest BCUT2D eigenvalue weighted by Crippen LogP contribution is 2.43. The molecule has 1 saturated carbocycles. The van der Waals surface area contributed by atoms with E-state index in [9.17, 15) is 36.6 Å². The van der Waals surface area contributed by atoms with E-state index >= 15 is 0 Å². The minimum Gasteiger partial charge on any atom is -0.390 e. The fourth-order valence-electron chi connectivity index (χ4n) is 4.64. The van der Waals surface area contributed by atoms with Crippen LogP contribution in [0.25, 0.3) is 11.3 Å². The van der Waals surface area contributed by atoms with E-state index in [1.54, 1.807) is 13.0 Å². The van der Waals surface area contributed by atoms with Crippen LogP contribution in [-0.4, -0.2) is 52.5 Å². The zero-order valence-electron chi connectivity index (χ0n) is 20.7. The van der Waals surface area contributed by atoms with Crippen molar-refractivity contribution in [3.8, 4) is 11.3 Å². The Hall–Kier alpha value is -3.35. The normalized spacial score (nSPS) is 23.7. The summed E-state index contributed by atoms with van der Waals surface area (Å²) in [7, 11) is -3.93. The number of hydrogen-bond donors (Lipinski definition) is 3. The molecule has 3 N–H and O–H groups in total. The highest BCUT2D eigenvalue weighted by atomic mass is 32.2. The van der Waals surface area contributed by atoms with Gasteiger partial charge in [-0.15, -0.1) is 0 Å². The van der Waals surface area contributed by atoms with E-state index < -0.39 is 61.1 Å². The highest BCUT2D eigenvalue weighted by Gasteiger charge is 2.43. The molecule has 8 nitrogen and oxygen atoms in total. The Balaban J connectivity index is 1.65. The molecule has 1 aliphatic rings. The van der Waals surface area contributed by atoms with E-state index in [0.717, 1.165) is 18.4 Å². The maximum absolute atomic E-state index is 14.7. The maximum Gasteiger partial charge on any atom is 0.274 e. The number of nitrogens with zero attached hydrogens (tertiary/aromatic N) is 2. The quantitative estimate of drug-likeness (QED) is 0.441. The second kappa shape index (κ2) is 10.1. The molecule has 12 heteroatoms. The molecule has 0 aliphatic heterocycles. The molecule has 1 amide bonds. The van der Waals surface area contributed by atoms with Crippen molar-refractivity contribution in [1.82, 2.24) is 9.97 Å². The third kappa shape index (κ3) is 5.29. The molecule has 202 valence electrons. The SMILES string of the molecule is C[C@@H]1C[C@H](c2ccncc2NC(=O)c2ccc(F)c(-c3c(F)cc(S(C)(=O)=O)cc3F)n2)C[C@H](O)[C@@]1(C)O. The molecule has 3 aromatic rings. The Labute approximate surface area is 217 Å². The van der Waals surface area contributed by atoms with Crippen molar-refractivity contribution in [1.29, 1.82) is 0 Å². The first-order chi connectivity index (χ1) is 17.7. The van der Waals surface area contributed by atoms with Crippen molar-refractivity contribution in [2.75, 3.05) is 11.6 Å². The van der Waals surface area contributed by atoms with Gasteiger partial charge in [-0.3, -0.25) is 9.78 Å². The molecule has 0 bridgehead atoms. The summed E-state index contributed by atoms with van der Waals surface area (Å²) in [6.45, 7) is 3.39. The third-order valence-electron chi connectivity index (χ3n) is 7.12. The lowest BCUT2D eigenvalue weighted by atomic mass is 9.69. The summed E-state index contributed by atoms with van der Waals surface area (Å²) in [5.41, 5.74) is -2.38. The van der Waals surface area contributed by atoms with Gasteiger partial charge in [0.2, 0.25) is 0 Å². The molecule has 2 aromatic heterocycles. The number of aliphatic hydroxyl groups excluding tert-OH is 1. The van der Waals surface area contributed by atoms with Crippen molar-refractivity contribution >= 4 is 21.4 Å². The first-order valence-corrected chi connectivity index (χ1v) is 13.6. The average molecular weight is 550 g/mol. The van der Waals surface area contributed by atoms with Crippen LogP contribution in [0.1, 0.15) is 48.7 Å². The fraction of sp³-hybridized carbons (Fsp3) is 0.346. The second-order valence-electron chi connectivity index (χ2n) is 9.79. The van der Waals surface area contributed by atoms with Gasteiger partial charge in [-0.25, -0.2) is 26.6 Å². The smallest absolute Gasteiger partial charge is 0.274 e. The number of amides is 1. The van der Waals surface area contributed by atoms with E-state index in [2.05, 4.69) is 15.3 Å². The van der Waals surface area contributed by atoms with E-state index in [4.69, 9.17) is 0 Å². The van der Waals surface area contributed by atoms with Gasteiger partial charge in [-0.1, -0.05) is 6.92 Å². The number of anilines is 1. The van der Waals surface area contributed by atoms with Crippen molar-refractivity contribution in [3.05, 3.63) is 71.4 Å². The Bertz CT molecular complexity index is 1480. The van der Waals surface area contributed by atoms with Gasteiger partial charge in [0.25, 0.3) is 5.91 Å². The largest absolute Gasteiger partial charge is 0.390 e. The number of rotatable bonds is 5. The molecule has 2 heterocycles. The Morgan fingerprint density at radius 2 is 1.76 bits per heavy atom. The van der Waals surface area contributed by atoms with Crippen LogP contribution in [0.2, 0.25) is 0 Å². The van der Waals surface area contributed by atoms with Gasteiger partial charge in [0.05, 0.1) is 34.0 Å². The summed E-state index contributed by atoms with van der Waals surface area (Å²) in [5, 5.41) is 23.6. The molecule has 0 spiro atoms. The van der Waals surface area contributed by atoms with Crippen molar-refractivity contribution < 1.29 is 36.6 Å². The summed E-state index contributed by atoms with van der Waals surface area (Å²) in [4.78, 5) is 20.3. The van der Waals surface area contributed by atoms with Crippen LogP contribution in [0.15, 0.2) is 47.6 Å². The average Bonchev–Trinajstić information content (AvgIpc) is 2.83. The van der Waals surface area contributed by atoms with E-state index in [0.29, 0.717) is 29.8 Å². The molecule has 0 radical (unpaired) electrons. The predicted octanol–water partition coefficient (Wildman–Crippen LogP) is 3.84. The van der Waals surface area contributed by atoms with Gasteiger partial charge in [-0.2, -0.15) is 0 Å². The molecule has 4 rings (SSSR count). The standard InChI is InChI=1S/C26H26F3N3O5S/c1-13-8-14(9-22(33)26(13,2)35)16-6-7-30-12-21(16)32-25(34)20-5-4-17(27)24(31-20)23-18(28)10-15(11-19(23)29)38(3,36)37/h4-7,10-14,22,33,35H,8-9H2,1-3H3,(H,32,34)/t13-,14+,22+,26+/m1/s1. The zero-order chi connectivity index (χ0) is 28.0. The molecule has 0 saturated heterocycles. The summed E-state index contributed by atoms with van der Waals surface area (Å²) in [5.74, 6) is -5.11. The third-order valence-corrected chi connectivity index (χ3v) is 8.21. The van der Waals surface area contributed by atoms with Gasteiger partial charge in [-0.05, 0) is 67.5 Å². The van der Waals surface area contributed by atoms with Crippen molar-refractivity contribution in [2.45, 2.75) is 49.2 Å². The van der Waals surface area contributed by atoms with Crippen LogP contribution in [0.5, 0.6) is 0 Å². The zero-order valence-corrected chi connectivity index (χ0v) is 21.6. The van der Waals surface area contributed by atoms with Gasteiger partial charge in [0, 0.05) is 12.5 Å². The lowest BCUT2D eigenvalue weighted by molar-refractivity contribution is -0.123. The summed E-state index contributed by atoms with van der Waals surface area (Å²) < 4.78 is 67.3. The lowest BCUT2D eigenvalue weighted by Crippen LogP contribution is -2.49. The number of aliphatic hydroxyl groups is 2. The van der Waals surface area contributed by atoms with Crippen molar-refractivity contribution in [3.63, 3.8) is 0 Å². The molecule has 1 aromatic carbocycles. The van der Waals surface area contributed by atoms with Gasteiger partial charge in [0.1, 0.15) is 28.8 Å². The number of carbonyl (C=O) groups is 1. The first-order valence-electron chi connectivity index (χ1n) is 11.7. The van der Waals surface area contributed by atoms with Crippen LogP contribution in [0.4, 0.5) is 18.9 Å². The molecule has 4 atom stereocenters. The van der Waals surface area contributed by atoms with Crippen LogP contribution < -0.4 is 5.32 Å². The maximum atomic E-state index is 14.7.